The third kappa shape index (κ3) is 3.74. The van der Waals surface area contributed by atoms with Crippen molar-refractivity contribution >= 4 is 6.08 Å². The summed E-state index contributed by atoms with van der Waals surface area (Å²) in [7, 11) is 0. The van der Waals surface area contributed by atoms with Crippen LogP contribution in [-0.4, -0.2) is 12.6 Å². The van der Waals surface area contributed by atoms with E-state index in [1.54, 1.807) is 6.08 Å². The van der Waals surface area contributed by atoms with Gasteiger partial charge in [-0.05, 0) is 25.1 Å². The van der Waals surface area contributed by atoms with Crippen molar-refractivity contribution in [2.45, 2.75) is 26.8 Å². The molecule has 88 valence electrons. The van der Waals surface area contributed by atoms with Crippen LogP contribution in [-0.2, 0) is 0 Å². The molecule has 1 N–H and O–H groups in total. The molecule has 1 aromatic carbocycles. The Kier molecular flexibility index (Phi) is 4.62. The first-order valence-corrected chi connectivity index (χ1v) is 5.35. The van der Waals surface area contributed by atoms with Crippen LogP contribution in [0.3, 0.4) is 0 Å². The van der Waals surface area contributed by atoms with E-state index >= 15 is 0 Å². The van der Waals surface area contributed by atoms with E-state index in [0.29, 0.717) is 12.6 Å². The molecule has 0 heterocycles. The first kappa shape index (κ1) is 12.8. The molecule has 0 aliphatic carbocycles. The molecule has 1 rings (SSSR count). The molecule has 0 unspecified atom stereocenters. The number of rotatable bonds is 4. The summed E-state index contributed by atoms with van der Waals surface area (Å²) >= 11 is 0. The van der Waals surface area contributed by atoms with Gasteiger partial charge in [-0.3, -0.25) is 0 Å². The number of hydrogen-bond acceptors (Lipinski definition) is 1. The van der Waals surface area contributed by atoms with E-state index in [1.165, 1.54) is 18.2 Å². The molecule has 0 amide bonds. The number of halogens is 2. The van der Waals surface area contributed by atoms with Gasteiger partial charge in [0.2, 0.25) is 0 Å². The van der Waals surface area contributed by atoms with Crippen LogP contribution in [0, 0.1) is 11.6 Å². The van der Waals surface area contributed by atoms with Gasteiger partial charge in [-0.2, -0.15) is 0 Å². The molecule has 0 saturated heterocycles. The maximum Gasteiger partial charge on any atom is 0.133 e. The van der Waals surface area contributed by atoms with Gasteiger partial charge >= 0.3 is 0 Å². The zero-order valence-electron chi connectivity index (χ0n) is 9.85. The van der Waals surface area contributed by atoms with Crippen molar-refractivity contribution in [3.05, 3.63) is 41.0 Å². The van der Waals surface area contributed by atoms with Crippen LogP contribution in [0.4, 0.5) is 8.78 Å². The first-order valence-electron chi connectivity index (χ1n) is 5.35. The molecule has 16 heavy (non-hydrogen) atoms. The maximum absolute atomic E-state index is 13.3. The molecule has 1 aromatic rings. The van der Waals surface area contributed by atoms with Crippen LogP contribution in [0.25, 0.3) is 6.08 Å². The fraction of sp³-hybridized carbons (Fsp3) is 0.385. The highest BCUT2D eigenvalue weighted by Gasteiger charge is 2.05. The minimum atomic E-state index is -0.524. The molecule has 0 saturated carbocycles. The topological polar surface area (TPSA) is 12.0 Å². The molecule has 0 bridgehead atoms. The monoisotopic (exact) mass is 225 g/mol. The Morgan fingerprint density at radius 2 is 1.88 bits per heavy atom. The average Bonchev–Trinajstić information content (AvgIpc) is 2.21. The molecule has 0 aromatic heterocycles. The molecule has 3 heteroatoms. The van der Waals surface area contributed by atoms with Crippen LogP contribution in [0.5, 0.6) is 0 Å². The fourth-order valence-electron chi connectivity index (χ4n) is 1.31. The smallest absolute Gasteiger partial charge is 0.133 e. The minimum absolute atomic E-state index is 0.0329. The normalized spacial score (nSPS) is 12.2. The Morgan fingerprint density at radius 3 is 2.38 bits per heavy atom. The summed E-state index contributed by atoms with van der Waals surface area (Å²) in [5.74, 6) is -1.05. The van der Waals surface area contributed by atoms with E-state index in [4.69, 9.17) is 0 Å². The van der Waals surface area contributed by atoms with Crippen molar-refractivity contribution < 1.29 is 8.78 Å². The number of nitrogens with one attached hydrogen (secondary N) is 1. The molecular weight excluding hydrogens is 208 g/mol. The van der Waals surface area contributed by atoms with Crippen LogP contribution in [0.1, 0.15) is 26.3 Å². The molecule has 0 radical (unpaired) electrons. The molecule has 0 spiro atoms. The average molecular weight is 225 g/mol. The van der Waals surface area contributed by atoms with E-state index in [2.05, 4.69) is 5.32 Å². The minimum Gasteiger partial charge on any atom is -0.311 e. The van der Waals surface area contributed by atoms with Crippen molar-refractivity contribution in [2.24, 2.45) is 0 Å². The van der Waals surface area contributed by atoms with Crippen molar-refractivity contribution in [3.63, 3.8) is 0 Å². The predicted octanol–water partition coefficient (Wildman–Crippen LogP) is 3.37. The van der Waals surface area contributed by atoms with E-state index in [9.17, 15) is 8.78 Å². The van der Waals surface area contributed by atoms with Crippen LogP contribution in [0.2, 0.25) is 0 Å². The zero-order chi connectivity index (χ0) is 12.1. The highest BCUT2D eigenvalue weighted by atomic mass is 19.1. The maximum atomic E-state index is 13.3. The van der Waals surface area contributed by atoms with Crippen LogP contribution in [0.15, 0.2) is 23.8 Å². The van der Waals surface area contributed by atoms with Crippen LogP contribution >= 0.6 is 0 Å². The summed E-state index contributed by atoms with van der Waals surface area (Å²) in [5, 5.41) is 3.19. The van der Waals surface area contributed by atoms with Gasteiger partial charge in [0.15, 0.2) is 0 Å². The second-order valence-corrected chi connectivity index (χ2v) is 4.16. The number of benzene rings is 1. The van der Waals surface area contributed by atoms with Gasteiger partial charge in [-0.15, -0.1) is 0 Å². The Bertz CT molecular complexity index is 363. The van der Waals surface area contributed by atoms with Crippen molar-refractivity contribution in [2.75, 3.05) is 6.54 Å². The van der Waals surface area contributed by atoms with Crippen molar-refractivity contribution in [1.82, 2.24) is 5.32 Å². The third-order valence-electron chi connectivity index (χ3n) is 2.18. The molecular formula is C13H17F2N. The predicted molar refractivity (Wildman–Crippen MR) is 63.1 cm³/mol. The third-order valence-corrected chi connectivity index (χ3v) is 2.18. The Morgan fingerprint density at radius 1 is 1.31 bits per heavy atom. The zero-order valence-corrected chi connectivity index (χ0v) is 9.85. The Hall–Kier alpha value is -1.22. The highest BCUT2D eigenvalue weighted by Crippen LogP contribution is 2.15. The second-order valence-electron chi connectivity index (χ2n) is 4.16. The van der Waals surface area contributed by atoms with Crippen molar-refractivity contribution in [1.29, 1.82) is 0 Å². The highest BCUT2D eigenvalue weighted by molar-refractivity contribution is 5.54. The first-order chi connectivity index (χ1) is 7.50. The van der Waals surface area contributed by atoms with Gasteiger partial charge in [-0.25, -0.2) is 8.78 Å². The SMILES string of the molecule is CC(=Cc1c(F)cccc1F)CNC(C)C. The Balaban J connectivity index is 2.81. The molecule has 1 nitrogen and oxygen atoms in total. The van der Waals surface area contributed by atoms with Gasteiger partial charge in [0.1, 0.15) is 11.6 Å². The van der Waals surface area contributed by atoms with Gasteiger partial charge in [0, 0.05) is 18.2 Å². The van der Waals surface area contributed by atoms with Gasteiger partial charge in [-0.1, -0.05) is 25.5 Å². The van der Waals surface area contributed by atoms with E-state index in [-0.39, 0.29) is 5.56 Å². The lowest BCUT2D eigenvalue weighted by Gasteiger charge is -2.08. The lowest BCUT2D eigenvalue weighted by molar-refractivity contribution is 0.578. The van der Waals surface area contributed by atoms with Gasteiger partial charge in [0.25, 0.3) is 0 Å². The molecule has 0 atom stereocenters. The summed E-state index contributed by atoms with van der Waals surface area (Å²) in [6.45, 7) is 6.53. The van der Waals surface area contributed by atoms with E-state index in [0.717, 1.165) is 5.57 Å². The summed E-state index contributed by atoms with van der Waals surface area (Å²) in [6.07, 6.45) is 1.54. The lowest BCUT2D eigenvalue weighted by Crippen LogP contribution is -2.24. The largest absolute Gasteiger partial charge is 0.311 e. The standard InChI is InChI=1S/C13H17F2N/c1-9(2)16-8-10(3)7-11-12(14)5-4-6-13(11)15/h4-7,9,16H,8H2,1-3H3. The van der Waals surface area contributed by atoms with Gasteiger partial charge < -0.3 is 5.32 Å². The summed E-state index contributed by atoms with van der Waals surface area (Å²) in [5.41, 5.74) is 0.934. The summed E-state index contributed by atoms with van der Waals surface area (Å²) in [4.78, 5) is 0. The molecule has 0 fully saturated rings. The molecule has 0 aliphatic heterocycles. The molecule has 0 aliphatic rings. The van der Waals surface area contributed by atoms with E-state index in [1.807, 2.05) is 20.8 Å². The fourth-order valence-corrected chi connectivity index (χ4v) is 1.31. The summed E-state index contributed by atoms with van der Waals surface area (Å²) < 4.78 is 26.6. The second kappa shape index (κ2) is 5.75. The van der Waals surface area contributed by atoms with Crippen molar-refractivity contribution in [3.8, 4) is 0 Å². The lowest BCUT2D eigenvalue weighted by atomic mass is 10.1. The quantitative estimate of drug-likeness (QED) is 0.828. The summed E-state index contributed by atoms with van der Waals surface area (Å²) in [6, 6.07) is 4.24. The van der Waals surface area contributed by atoms with E-state index < -0.39 is 11.6 Å². The van der Waals surface area contributed by atoms with Crippen LogP contribution < -0.4 is 5.32 Å². The van der Waals surface area contributed by atoms with Gasteiger partial charge in [0.05, 0.1) is 0 Å². The number of hydrogen-bond donors (Lipinski definition) is 1. The Labute approximate surface area is 95.2 Å².